The number of hydrogen-bond donors (Lipinski definition) is 1. The lowest BCUT2D eigenvalue weighted by Crippen LogP contribution is -2.24. The van der Waals surface area contributed by atoms with Crippen molar-refractivity contribution < 1.29 is 4.74 Å². The summed E-state index contributed by atoms with van der Waals surface area (Å²) in [5.41, 5.74) is 2.43. The number of benzene rings is 1. The van der Waals surface area contributed by atoms with Gasteiger partial charge in [-0.05, 0) is 32.9 Å². The predicted octanol–water partition coefficient (Wildman–Crippen LogP) is 3.41. The van der Waals surface area contributed by atoms with E-state index in [9.17, 15) is 0 Å². The Kier molecular flexibility index (Phi) is 3.76. The highest BCUT2D eigenvalue weighted by atomic mass is 16.5. The van der Waals surface area contributed by atoms with Crippen LogP contribution in [-0.4, -0.2) is 18.2 Å². The van der Waals surface area contributed by atoms with Crippen LogP contribution in [0.2, 0.25) is 0 Å². The topological polar surface area (TPSA) is 21.3 Å². The highest BCUT2D eigenvalue weighted by Crippen LogP contribution is 2.38. The molecular weight excluding hydrogens is 222 g/mol. The summed E-state index contributed by atoms with van der Waals surface area (Å²) < 4.78 is 6.05. The Morgan fingerprint density at radius 2 is 2.22 bits per heavy atom. The van der Waals surface area contributed by atoms with E-state index in [-0.39, 0.29) is 5.60 Å². The molecule has 1 unspecified atom stereocenters. The van der Waals surface area contributed by atoms with Gasteiger partial charge in [-0.3, -0.25) is 0 Å². The Labute approximate surface area is 110 Å². The van der Waals surface area contributed by atoms with Gasteiger partial charge in [-0.25, -0.2) is 0 Å². The summed E-state index contributed by atoms with van der Waals surface area (Å²) in [6.45, 7) is 9.55. The molecule has 0 amide bonds. The molecule has 1 aromatic carbocycles. The first-order chi connectivity index (χ1) is 8.52. The van der Waals surface area contributed by atoms with Gasteiger partial charge in [-0.15, -0.1) is 0 Å². The van der Waals surface area contributed by atoms with E-state index in [0.29, 0.717) is 6.04 Å². The largest absolute Gasteiger partial charge is 0.487 e. The fraction of sp³-hybridized carbons (Fsp3) is 0.500. The standard InChI is InChI=1S/C16H23NO/c1-5-17-12(2)9-10-13-7-6-8-14-11-16(3,4)18-15(13)14/h6-10,12,17H,5,11H2,1-4H3/b10-9+. The molecule has 0 spiro atoms. The summed E-state index contributed by atoms with van der Waals surface area (Å²) in [7, 11) is 0. The highest BCUT2D eigenvalue weighted by Gasteiger charge is 2.30. The molecule has 1 N–H and O–H groups in total. The van der Waals surface area contributed by atoms with Gasteiger partial charge in [0.1, 0.15) is 11.4 Å². The van der Waals surface area contributed by atoms with Crippen LogP contribution < -0.4 is 10.1 Å². The number of para-hydroxylation sites is 1. The molecular formula is C16H23NO. The first-order valence-corrected chi connectivity index (χ1v) is 6.74. The van der Waals surface area contributed by atoms with Crippen LogP contribution in [0.15, 0.2) is 24.3 Å². The van der Waals surface area contributed by atoms with Gasteiger partial charge in [0, 0.05) is 18.0 Å². The molecule has 98 valence electrons. The smallest absolute Gasteiger partial charge is 0.130 e. The van der Waals surface area contributed by atoms with Gasteiger partial charge in [-0.2, -0.15) is 0 Å². The summed E-state index contributed by atoms with van der Waals surface area (Å²) >= 11 is 0. The molecule has 2 nitrogen and oxygen atoms in total. The normalized spacial score (nSPS) is 18.7. The van der Waals surface area contributed by atoms with Crippen LogP contribution in [0.25, 0.3) is 6.08 Å². The van der Waals surface area contributed by atoms with Crippen molar-refractivity contribution in [2.75, 3.05) is 6.54 Å². The van der Waals surface area contributed by atoms with Crippen LogP contribution in [0, 0.1) is 0 Å². The van der Waals surface area contributed by atoms with Crippen LogP contribution >= 0.6 is 0 Å². The number of hydrogen-bond acceptors (Lipinski definition) is 2. The van der Waals surface area contributed by atoms with Gasteiger partial charge in [0.05, 0.1) is 0 Å². The lowest BCUT2D eigenvalue weighted by Gasteiger charge is -2.17. The molecule has 1 heterocycles. The molecule has 2 rings (SSSR count). The zero-order chi connectivity index (χ0) is 13.2. The van der Waals surface area contributed by atoms with E-state index in [4.69, 9.17) is 4.74 Å². The highest BCUT2D eigenvalue weighted by molar-refractivity contribution is 5.62. The molecule has 0 fully saturated rings. The molecule has 0 radical (unpaired) electrons. The third-order valence-electron chi connectivity index (χ3n) is 3.21. The molecule has 1 aliphatic heterocycles. The van der Waals surface area contributed by atoms with E-state index in [0.717, 1.165) is 18.7 Å². The van der Waals surface area contributed by atoms with Crippen LogP contribution in [0.4, 0.5) is 0 Å². The second-order valence-electron chi connectivity index (χ2n) is 5.58. The van der Waals surface area contributed by atoms with Crippen molar-refractivity contribution in [2.24, 2.45) is 0 Å². The Bertz CT molecular complexity index is 448. The molecule has 0 saturated heterocycles. The van der Waals surface area contributed by atoms with Crippen molar-refractivity contribution in [3.05, 3.63) is 35.4 Å². The molecule has 1 atom stereocenters. The zero-order valence-corrected chi connectivity index (χ0v) is 11.8. The van der Waals surface area contributed by atoms with Gasteiger partial charge >= 0.3 is 0 Å². The van der Waals surface area contributed by atoms with E-state index in [1.54, 1.807) is 0 Å². The summed E-state index contributed by atoms with van der Waals surface area (Å²) in [5.74, 6) is 1.06. The van der Waals surface area contributed by atoms with Crippen molar-refractivity contribution in [1.82, 2.24) is 5.32 Å². The Balaban J connectivity index is 2.19. The number of rotatable bonds is 4. The lowest BCUT2D eigenvalue weighted by atomic mass is 10.0. The van der Waals surface area contributed by atoms with E-state index < -0.39 is 0 Å². The minimum absolute atomic E-state index is 0.0699. The first-order valence-electron chi connectivity index (χ1n) is 6.74. The van der Waals surface area contributed by atoms with Gasteiger partial charge < -0.3 is 10.1 Å². The molecule has 0 saturated carbocycles. The average molecular weight is 245 g/mol. The van der Waals surface area contributed by atoms with Gasteiger partial charge in [0.25, 0.3) is 0 Å². The third kappa shape index (κ3) is 2.94. The Morgan fingerprint density at radius 3 is 2.94 bits per heavy atom. The second kappa shape index (κ2) is 5.15. The number of ether oxygens (including phenoxy) is 1. The van der Waals surface area contributed by atoms with Crippen LogP contribution in [0.3, 0.4) is 0 Å². The average Bonchev–Trinajstić information content (AvgIpc) is 2.61. The third-order valence-corrected chi connectivity index (χ3v) is 3.21. The molecule has 0 aromatic heterocycles. The number of fused-ring (bicyclic) bond motifs is 1. The zero-order valence-electron chi connectivity index (χ0n) is 11.8. The van der Waals surface area contributed by atoms with Crippen molar-refractivity contribution >= 4 is 6.08 Å². The maximum Gasteiger partial charge on any atom is 0.130 e. The van der Waals surface area contributed by atoms with Crippen molar-refractivity contribution in [3.63, 3.8) is 0 Å². The Morgan fingerprint density at radius 1 is 1.44 bits per heavy atom. The summed E-state index contributed by atoms with van der Waals surface area (Å²) in [6, 6.07) is 6.78. The molecule has 18 heavy (non-hydrogen) atoms. The summed E-state index contributed by atoms with van der Waals surface area (Å²) in [5, 5.41) is 3.37. The fourth-order valence-corrected chi connectivity index (χ4v) is 2.41. The monoisotopic (exact) mass is 245 g/mol. The van der Waals surface area contributed by atoms with Gasteiger partial charge in [-0.1, -0.05) is 37.3 Å². The van der Waals surface area contributed by atoms with E-state index in [2.05, 4.69) is 63.4 Å². The lowest BCUT2D eigenvalue weighted by molar-refractivity contribution is 0.138. The van der Waals surface area contributed by atoms with Gasteiger partial charge in [0.15, 0.2) is 0 Å². The molecule has 2 heteroatoms. The van der Waals surface area contributed by atoms with Crippen molar-refractivity contribution in [2.45, 2.75) is 45.8 Å². The fourth-order valence-electron chi connectivity index (χ4n) is 2.41. The maximum atomic E-state index is 6.05. The van der Waals surface area contributed by atoms with Crippen molar-refractivity contribution in [3.8, 4) is 5.75 Å². The first kappa shape index (κ1) is 13.2. The van der Waals surface area contributed by atoms with Crippen LogP contribution in [0.5, 0.6) is 5.75 Å². The predicted molar refractivity (Wildman–Crippen MR) is 77.0 cm³/mol. The molecule has 0 aliphatic carbocycles. The van der Waals surface area contributed by atoms with Crippen LogP contribution in [-0.2, 0) is 6.42 Å². The minimum atomic E-state index is -0.0699. The summed E-state index contributed by atoms with van der Waals surface area (Å²) in [4.78, 5) is 0. The Hall–Kier alpha value is -1.28. The molecule has 0 bridgehead atoms. The number of nitrogens with one attached hydrogen (secondary N) is 1. The summed E-state index contributed by atoms with van der Waals surface area (Å²) in [6.07, 6.45) is 5.34. The van der Waals surface area contributed by atoms with Gasteiger partial charge in [0.2, 0.25) is 0 Å². The van der Waals surface area contributed by atoms with E-state index in [1.807, 2.05) is 0 Å². The molecule has 1 aliphatic rings. The second-order valence-corrected chi connectivity index (χ2v) is 5.58. The van der Waals surface area contributed by atoms with Crippen LogP contribution in [0.1, 0.15) is 38.8 Å². The van der Waals surface area contributed by atoms with E-state index in [1.165, 1.54) is 11.1 Å². The maximum absolute atomic E-state index is 6.05. The van der Waals surface area contributed by atoms with Crippen molar-refractivity contribution in [1.29, 1.82) is 0 Å². The van der Waals surface area contributed by atoms with E-state index >= 15 is 0 Å². The SMILES string of the molecule is CCNC(C)/C=C/c1cccc2c1OC(C)(C)C2. The minimum Gasteiger partial charge on any atom is -0.487 e. The molecule has 1 aromatic rings. The quantitative estimate of drug-likeness (QED) is 0.877. The number of likely N-dealkylation sites (N-methyl/N-ethyl adjacent to an activating group) is 1.